The molecule has 0 radical (unpaired) electrons. The summed E-state index contributed by atoms with van der Waals surface area (Å²) < 4.78 is 16.0. The maximum Gasteiger partial charge on any atom is 0.158 e. The highest BCUT2D eigenvalue weighted by atomic mass is 16.7. The molecule has 5 nitrogen and oxygen atoms in total. The summed E-state index contributed by atoms with van der Waals surface area (Å²) in [6.45, 7) is 10.1. The standard InChI is InChI=1S/C13H30N2O3/c1-6-15(8-9-18-7-2)13(3,11-14)10-12(16-4)17-5/h12H,6-11,14H2,1-5H3. The maximum atomic E-state index is 5.95. The summed E-state index contributed by atoms with van der Waals surface area (Å²) >= 11 is 0. The van der Waals surface area contributed by atoms with E-state index in [2.05, 4.69) is 18.7 Å². The lowest BCUT2D eigenvalue weighted by Crippen LogP contribution is -2.54. The Labute approximate surface area is 112 Å². The first kappa shape index (κ1) is 17.8. The van der Waals surface area contributed by atoms with Gasteiger partial charge < -0.3 is 19.9 Å². The number of rotatable bonds is 11. The second-order valence-corrected chi connectivity index (χ2v) is 4.58. The largest absolute Gasteiger partial charge is 0.380 e. The third kappa shape index (κ3) is 5.63. The van der Waals surface area contributed by atoms with Gasteiger partial charge in [0.05, 0.1) is 6.61 Å². The number of ether oxygens (including phenoxy) is 3. The van der Waals surface area contributed by atoms with Gasteiger partial charge in [0.1, 0.15) is 0 Å². The lowest BCUT2D eigenvalue weighted by Gasteiger charge is -2.41. The van der Waals surface area contributed by atoms with Crippen molar-refractivity contribution in [2.24, 2.45) is 5.73 Å². The minimum atomic E-state index is -0.223. The predicted molar refractivity (Wildman–Crippen MR) is 73.6 cm³/mol. The summed E-state index contributed by atoms with van der Waals surface area (Å²) in [5, 5.41) is 0. The molecule has 0 aliphatic heterocycles. The zero-order valence-corrected chi connectivity index (χ0v) is 12.6. The predicted octanol–water partition coefficient (Wildman–Crippen LogP) is 1.07. The van der Waals surface area contributed by atoms with Gasteiger partial charge in [0.25, 0.3) is 0 Å². The molecule has 0 aromatic rings. The van der Waals surface area contributed by atoms with E-state index in [0.29, 0.717) is 6.54 Å². The van der Waals surface area contributed by atoms with Crippen molar-refractivity contribution >= 4 is 0 Å². The van der Waals surface area contributed by atoms with E-state index in [-0.39, 0.29) is 11.8 Å². The number of nitrogens with two attached hydrogens (primary N) is 1. The van der Waals surface area contributed by atoms with Crippen LogP contribution in [-0.4, -0.2) is 63.8 Å². The smallest absolute Gasteiger partial charge is 0.158 e. The second kappa shape index (κ2) is 9.69. The Morgan fingerprint density at radius 3 is 2.22 bits per heavy atom. The molecule has 0 fully saturated rings. The Bertz CT molecular complexity index is 201. The SMILES string of the molecule is CCOCCN(CC)C(C)(CN)CC(OC)OC. The van der Waals surface area contributed by atoms with E-state index >= 15 is 0 Å². The molecule has 0 rings (SSSR count). The van der Waals surface area contributed by atoms with Crippen molar-refractivity contribution in [3.05, 3.63) is 0 Å². The Balaban J connectivity index is 4.53. The lowest BCUT2D eigenvalue weighted by atomic mass is 9.94. The van der Waals surface area contributed by atoms with Gasteiger partial charge in [-0.2, -0.15) is 0 Å². The molecular weight excluding hydrogens is 232 g/mol. The van der Waals surface area contributed by atoms with E-state index in [4.69, 9.17) is 19.9 Å². The van der Waals surface area contributed by atoms with Gasteiger partial charge in [-0.3, -0.25) is 4.90 Å². The molecule has 0 heterocycles. The minimum absolute atomic E-state index is 0.136. The molecule has 1 atom stereocenters. The molecule has 0 aliphatic rings. The Hall–Kier alpha value is -0.200. The van der Waals surface area contributed by atoms with Crippen molar-refractivity contribution in [2.75, 3.05) is 47.1 Å². The quantitative estimate of drug-likeness (QED) is 0.446. The van der Waals surface area contributed by atoms with Gasteiger partial charge in [0.2, 0.25) is 0 Å². The van der Waals surface area contributed by atoms with Crippen molar-refractivity contribution < 1.29 is 14.2 Å². The van der Waals surface area contributed by atoms with Crippen LogP contribution in [0.4, 0.5) is 0 Å². The number of likely N-dealkylation sites (N-methyl/N-ethyl adjacent to an activating group) is 1. The van der Waals surface area contributed by atoms with Crippen molar-refractivity contribution in [1.29, 1.82) is 0 Å². The Morgan fingerprint density at radius 1 is 1.22 bits per heavy atom. The maximum absolute atomic E-state index is 5.95. The summed E-state index contributed by atoms with van der Waals surface area (Å²) in [6, 6.07) is 0. The normalized spacial score (nSPS) is 15.3. The average Bonchev–Trinajstić information content (AvgIpc) is 2.40. The van der Waals surface area contributed by atoms with Crippen LogP contribution in [0.2, 0.25) is 0 Å². The summed E-state index contributed by atoms with van der Waals surface area (Å²) in [6.07, 6.45) is 0.524. The third-order valence-corrected chi connectivity index (χ3v) is 3.43. The van der Waals surface area contributed by atoms with Crippen molar-refractivity contribution in [2.45, 2.75) is 39.0 Å². The van der Waals surface area contributed by atoms with Crippen LogP contribution >= 0.6 is 0 Å². The molecule has 110 valence electrons. The van der Waals surface area contributed by atoms with Crippen LogP contribution in [0.3, 0.4) is 0 Å². The molecule has 0 amide bonds. The average molecular weight is 262 g/mol. The molecule has 5 heteroatoms. The summed E-state index contributed by atoms with van der Waals surface area (Å²) in [7, 11) is 3.31. The van der Waals surface area contributed by atoms with Crippen molar-refractivity contribution in [1.82, 2.24) is 4.90 Å². The van der Waals surface area contributed by atoms with Gasteiger partial charge in [0, 0.05) is 45.9 Å². The van der Waals surface area contributed by atoms with Crippen LogP contribution in [0.1, 0.15) is 27.2 Å². The highest BCUT2D eigenvalue weighted by Gasteiger charge is 2.32. The van der Waals surface area contributed by atoms with E-state index in [1.54, 1.807) is 14.2 Å². The molecule has 0 aromatic carbocycles. The van der Waals surface area contributed by atoms with Crippen LogP contribution < -0.4 is 5.73 Å². The van der Waals surface area contributed by atoms with Gasteiger partial charge in [-0.05, 0) is 20.4 Å². The van der Waals surface area contributed by atoms with Crippen LogP contribution in [0.25, 0.3) is 0 Å². The lowest BCUT2D eigenvalue weighted by molar-refractivity contribution is -0.129. The topological polar surface area (TPSA) is 57.0 Å². The van der Waals surface area contributed by atoms with Crippen LogP contribution in [-0.2, 0) is 14.2 Å². The summed E-state index contributed by atoms with van der Waals surface area (Å²) in [4.78, 5) is 2.33. The van der Waals surface area contributed by atoms with Gasteiger partial charge in [-0.15, -0.1) is 0 Å². The number of hydrogen-bond acceptors (Lipinski definition) is 5. The van der Waals surface area contributed by atoms with Gasteiger partial charge in [0.15, 0.2) is 6.29 Å². The molecule has 18 heavy (non-hydrogen) atoms. The zero-order chi connectivity index (χ0) is 14.0. The fraction of sp³-hybridized carbons (Fsp3) is 1.00. The van der Waals surface area contributed by atoms with E-state index in [1.807, 2.05) is 6.92 Å². The highest BCUT2D eigenvalue weighted by molar-refractivity contribution is 4.88. The van der Waals surface area contributed by atoms with Gasteiger partial charge in [-0.25, -0.2) is 0 Å². The minimum Gasteiger partial charge on any atom is -0.380 e. The third-order valence-electron chi connectivity index (χ3n) is 3.43. The first-order valence-corrected chi connectivity index (χ1v) is 6.66. The monoisotopic (exact) mass is 262 g/mol. The van der Waals surface area contributed by atoms with Crippen LogP contribution in [0.15, 0.2) is 0 Å². The number of nitrogens with zero attached hydrogens (tertiary/aromatic N) is 1. The fourth-order valence-electron chi connectivity index (χ4n) is 2.09. The van der Waals surface area contributed by atoms with E-state index in [9.17, 15) is 0 Å². The summed E-state index contributed by atoms with van der Waals surface area (Å²) in [5.74, 6) is 0. The molecule has 0 aromatic heterocycles. The molecule has 1 unspecified atom stereocenters. The molecule has 0 saturated carbocycles. The fourth-order valence-corrected chi connectivity index (χ4v) is 2.09. The zero-order valence-electron chi connectivity index (χ0n) is 12.6. The van der Waals surface area contributed by atoms with Gasteiger partial charge in [-0.1, -0.05) is 6.92 Å². The van der Waals surface area contributed by atoms with E-state index < -0.39 is 0 Å². The number of methoxy groups -OCH3 is 2. The molecular formula is C13H30N2O3. The van der Waals surface area contributed by atoms with E-state index in [1.165, 1.54) is 0 Å². The highest BCUT2D eigenvalue weighted by Crippen LogP contribution is 2.21. The first-order chi connectivity index (χ1) is 8.57. The summed E-state index contributed by atoms with van der Waals surface area (Å²) in [5.41, 5.74) is 5.82. The molecule has 0 spiro atoms. The number of hydrogen-bond donors (Lipinski definition) is 1. The molecule has 0 bridgehead atoms. The van der Waals surface area contributed by atoms with Crippen LogP contribution in [0, 0.1) is 0 Å². The molecule has 2 N–H and O–H groups in total. The first-order valence-electron chi connectivity index (χ1n) is 6.66. The van der Waals surface area contributed by atoms with Gasteiger partial charge >= 0.3 is 0 Å². The molecule has 0 aliphatic carbocycles. The van der Waals surface area contributed by atoms with E-state index in [0.717, 1.165) is 32.7 Å². The Morgan fingerprint density at radius 2 is 1.83 bits per heavy atom. The molecule has 0 saturated heterocycles. The van der Waals surface area contributed by atoms with Crippen molar-refractivity contribution in [3.63, 3.8) is 0 Å². The second-order valence-electron chi connectivity index (χ2n) is 4.58. The van der Waals surface area contributed by atoms with Crippen LogP contribution in [0.5, 0.6) is 0 Å². The Kier molecular flexibility index (Phi) is 9.59. The van der Waals surface area contributed by atoms with Crippen molar-refractivity contribution in [3.8, 4) is 0 Å².